The van der Waals surface area contributed by atoms with Crippen LogP contribution in [-0.4, -0.2) is 45.7 Å². The molecule has 42 heavy (non-hydrogen) atoms. The fourth-order valence-electron chi connectivity index (χ4n) is 4.33. The molecule has 0 aliphatic rings. The lowest BCUT2D eigenvalue weighted by atomic mass is 10.1. The molecule has 1 N–H and O–H groups in total. The van der Waals surface area contributed by atoms with Gasteiger partial charge in [-0.05, 0) is 56.7 Å². The van der Waals surface area contributed by atoms with Crippen LogP contribution in [0.3, 0.4) is 0 Å². The van der Waals surface area contributed by atoms with E-state index in [0.29, 0.717) is 31.6 Å². The van der Waals surface area contributed by atoms with E-state index < -0.39 is 23.8 Å². The van der Waals surface area contributed by atoms with Crippen molar-refractivity contribution >= 4 is 11.8 Å². The number of hydrogen-bond donors (Lipinski definition) is 1. The molecule has 12 heteroatoms. The van der Waals surface area contributed by atoms with Gasteiger partial charge in [0.15, 0.2) is 0 Å². The summed E-state index contributed by atoms with van der Waals surface area (Å²) in [5.74, 6) is 0.380. The predicted molar refractivity (Wildman–Crippen MR) is 156 cm³/mol. The topological polar surface area (TPSA) is 104 Å². The van der Waals surface area contributed by atoms with Crippen molar-refractivity contribution in [2.75, 3.05) is 18.5 Å². The number of benzene rings is 1. The molecule has 236 valence electrons. The summed E-state index contributed by atoms with van der Waals surface area (Å²) in [6.45, 7) is 6.22. The van der Waals surface area contributed by atoms with Gasteiger partial charge in [0, 0.05) is 32.5 Å². The fraction of sp³-hybridized carbons (Fsp3) is 0.667. The third kappa shape index (κ3) is 13.1. The van der Waals surface area contributed by atoms with E-state index in [1.54, 1.807) is 6.92 Å². The minimum absolute atomic E-state index is 0.0247. The SMILES string of the molecule is CCCCCCCn1c(=O)c(NCCCCc2cccc(OC(C)COC(=O)CC)c2)nn(CCCC(F)(F)F)c1=O. The van der Waals surface area contributed by atoms with Gasteiger partial charge in [-0.2, -0.15) is 13.2 Å². The molecule has 1 aromatic heterocycles. The zero-order chi connectivity index (χ0) is 31.0. The number of carbonyl (C=O) groups is 1. The van der Waals surface area contributed by atoms with Crippen LogP contribution in [0.2, 0.25) is 0 Å². The van der Waals surface area contributed by atoms with Crippen LogP contribution in [0.25, 0.3) is 0 Å². The summed E-state index contributed by atoms with van der Waals surface area (Å²) in [6.07, 6.45) is 1.21. The molecule has 0 radical (unpaired) electrons. The van der Waals surface area contributed by atoms with Crippen LogP contribution < -0.4 is 21.3 Å². The second-order valence-corrected chi connectivity index (χ2v) is 10.4. The number of aromatic nitrogens is 3. The Morgan fingerprint density at radius 3 is 2.50 bits per heavy atom. The van der Waals surface area contributed by atoms with Gasteiger partial charge >= 0.3 is 17.8 Å². The van der Waals surface area contributed by atoms with Crippen molar-refractivity contribution in [3.8, 4) is 5.75 Å². The van der Waals surface area contributed by atoms with E-state index in [4.69, 9.17) is 9.47 Å². The Balaban J connectivity index is 1.95. The summed E-state index contributed by atoms with van der Waals surface area (Å²) >= 11 is 0. The van der Waals surface area contributed by atoms with Gasteiger partial charge in [0.05, 0.1) is 0 Å². The average Bonchev–Trinajstić information content (AvgIpc) is 2.94. The highest BCUT2D eigenvalue weighted by molar-refractivity contribution is 5.68. The van der Waals surface area contributed by atoms with Gasteiger partial charge < -0.3 is 14.8 Å². The lowest BCUT2D eigenvalue weighted by Gasteiger charge is -2.15. The molecule has 0 bridgehead atoms. The largest absolute Gasteiger partial charge is 0.487 e. The maximum atomic E-state index is 13.0. The number of alkyl halides is 3. The van der Waals surface area contributed by atoms with Crippen molar-refractivity contribution in [2.24, 2.45) is 0 Å². The number of ether oxygens (including phenoxy) is 2. The number of unbranched alkanes of at least 4 members (excludes halogenated alkanes) is 5. The zero-order valence-corrected chi connectivity index (χ0v) is 25.0. The molecule has 0 aliphatic heterocycles. The van der Waals surface area contributed by atoms with Gasteiger partial charge in [0.25, 0.3) is 5.56 Å². The summed E-state index contributed by atoms with van der Waals surface area (Å²) in [5.41, 5.74) is -0.165. The molecule has 1 aromatic carbocycles. The van der Waals surface area contributed by atoms with Gasteiger partial charge in [-0.1, -0.05) is 51.7 Å². The molecule has 0 saturated heterocycles. The Bertz CT molecular complexity index is 1210. The van der Waals surface area contributed by atoms with Crippen molar-refractivity contribution in [3.05, 3.63) is 50.7 Å². The number of halogens is 3. The molecule has 1 atom stereocenters. The molecule has 1 heterocycles. The minimum Gasteiger partial charge on any atom is -0.487 e. The smallest absolute Gasteiger partial charge is 0.389 e. The van der Waals surface area contributed by atoms with E-state index in [2.05, 4.69) is 17.3 Å². The molecule has 2 aromatic rings. The minimum atomic E-state index is -4.33. The molecule has 0 amide bonds. The molecule has 9 nitrogen and oxygen atoms in total. The maximum Gasteiger partial charge on any atom is 0.389 e. The first-order valence-electron chi connectivity index (χ1n) is 15.0. The van der Waals surface area contributed by atoms with Crippen LogP contribution in [0.15, 0.2) is 33.9 Å². The Labute approximate surface area is 245 Å². The zero-order valence-electron chi connectivity index (χ0n) is 25.0. The number of carbonyl (C=O) groups excluding carboxylic acids is 1. The van der Waals surface area contributed by atoms with Crippen molar-refractivity contribution in [2.45, 2.75) is 117 Å². The Hall–Kier alpha value is -3.31. The number of nitrogens with zero attached hydrogens (tertiary/aromatic N) is 3. The molecular weight excluding hydrogens is 553 g/mol. The highest BCUT2D eigenvalue weighted by atomic mass is 19.4. The van der Waals surface area contributed by atoms with Crippen LogP contribution in [0.5, 0.6) is 5.75 Å². The molecule has 0 saturated carbocycles. The van der Waals surface area contributed by atoms with E-state index in [1.165, 1.54) is 0 Å². The van der Waals surface area contributed by atoms with Crippen molar-refractivity contribution < 1.29 is 27.4 Å². The summed E-state index contributed by atoms with van der Waals surface area (Å²) in [7, 11) is 0. The third-order valence-electron chi connectivity index (χ3n) is 6.62. The van der Waals surface area contributed by atoms with Gasteiger partial charge in [0.1, 0.15) is 18.5 Å². The molecule has 1 unspecified atom stereocenters. The van der Waals surface area contributed by atoms with Crippen LogP contribution in [0.1, 0.15) is 90.5 Å². The first-order valence-corrected chi connectivity index (χ1v) is 15.0. The van der Waals surface area contributed by atoms with E-state index in [1.807, 2.05) is 31.2 Å². The van der Waals surface area contributed by atoms with Gasteiger partial charge in [-0.3, -0.25) is 14.2 Å². The number of nitrogens with one attached hydrogen (secondary N) is 1. The fourth-order valence-corrected chi connectivity index (χ4v) is 4.33. The Morgan fingerprint density at radius 2 is 1.79 bits per heavy atom. The summed E-state index contributed by atoms with van der Waals surface area (Å²) in [4.78, 5) is 37.2. The standard InChI is InChI=1S/C30H45F3N4O5/c1-4-6-7-8-11-19-36-28(39)27(35-37(29(36)40)20-13-17-30(31,32)33)34-18-10-9-14-24-15-12-16-25(21-24)42-23(3)22-41-26(38)5-2/h12,15-16,21,23H,4-11,13-14,17-20,22H2,1-3H3,(H,34,35). The van der Waals surface area contributed by atoms with E-state index in [0.717, 1.165) is 53.3 Å². The van der Waals surface area contributed by atoms with E-state index >= 15 is 0 Å². The van der Waals surface area contributed by atoms with Crippen LogP contribution in [0, 0.1) is 0 Å². The number of anilines is 1. The monoisotopic (exact) mass is 598 g/mol. The summed E-state index contributed by atoms with van der Waals surface area (Å²) in [5, 5.41) is 7.08. The summed E-state index contributed by atoms with van der Waals surface area (Å²) < 4.78 is 51.0. The first-order chi connectivity index (χ1) is 20.0. The molecular formula is C30H45F3N4O5. The van der Waals surface area contributed by atoms with E-state index in [-0.39, 0.29) is 44.0 Å². The van der Waals surface area contributed by atoms with Crippen molar-refractivity contribution in [1.29, 1.82) is 0 Å². The highest BCUT2D eigenvalue weighted by Gasteiger charge is 2.26. The lowest BCUT2D eigenvalue weighted by Crippen LogP contribution is -2.43. The lowest BCUT2D eigenvalue weighted by molar-refractivity contribution is -0.145. The van der Waals surface area contributed by atoms with Crippen LogP contribution in [0.4, 0.5) is 19.0 Å². The molecule has 0 aliphatic carbocycles. The quantitative estimate of drug-likeness (QED) is 0.150. The average molecular weight is 599 g/mol. The van der Waals surface area contributed by atoms with Crippen molar-refractivity contribution in [1.82, 2.24) is 14.3 Å². The second-order valence-electron chi connectivity index (χ2n) is 10.4. The maximum absolute atomic E-state index is 13.0. The summed E-state index contributed by atoms with van der Waals surface area (Å²) in [6, 6.07) is 7.65. The number of hydrogen-bond acceptors (Lipinski definition) is 7. The number of aryl methyl sites for hydroxylation is 2. The van der Waals surface area contributed by atoms with Crippen LogP contribution in [-0.2, 0) is 29.0 Å². The highest BCUT2D eigenvalue weighted by Crippen LogP contribution is 2.21. The van der Waals surface area contributed by atoms with E-state index in [9.17, 15) is 27.6 Å². The van der Waals surface area contributed by atoms with Gasteiger partial charge in [-0.15, -0.1) is 5.10 Å². The predicted octanol–water partition coefficient (Wildman–Crippen LogP) is 5.87. The normalized spacial score (nSPS) is 12.2. The van der Waals surface area contributed by atoms with Gasteiger partial charge in [-0.25, -0.2) is 9.48 Å². The molecule has 0 spiro atoms. The molecule has 2 rings (SSSR count). The molecule has 0 fully saturated rings. The number of esters is 1. The van der Waals surface area contributed by atoms with Crippen LogP contribution >= 0.6 is 0 Å². The van der Waals surface area contributed by atoms with Crippen molar-refractivity contribution in [3.63, 3.8) is 0 Å². The van der Waals surface area contributed by atoms with Gasteiger partial charge in [0.2, 0.25) is 5.82 Å². The third-order valence-corrected chi connectivity index (χ3v) is 6.62. The Kier molecular flexibility index (Phi) is 15.2. The first kappa shape index (κ1) is 34.9. The number of rotatable bonds is 20. The second kappa shape index (κ2) is 18.3. The Morgan fingerprint density at radius 1 is 1.02 bits per heavy atom.